The number of carbonyl (C=O) groups excluding carboxylic acids is 1. The minimum atomic E-state index is -0.543. The zero-order chi connectivity index (χ0) is 12.7. The van der Waals surface area contributed by atoms with Crippen LogP contribution in [0.3, 0.4) is 0 Å². The third kappa shape index (κ3) is 4.36. The molecule has 0 saturated heterocycles. The maximum Gasteiger partial charge on any atom is 0.376 e. The van der Waals surface area contributed by atoms with Crippen LogP contribution in [0.1, 0.15) is 17.5 Å². The van der Waals surface area contributed by atoms with Crippen molar-refractivity contribution in [2.45, 2.75) is 6.92 Å². The fourth-order valence-corrected chi connectivity index (χ4v) is 1.27. The minimum absolute atomic E-state index is 0.0527. The average molecular weight is 239 g/mol. The highest BCUT2D eigenvalue weighted by Gasteiger charge is 2.09. The minimum Gasteiger partial charge on any atom is -0.463 e. The van der Waals surface area contributed by atoms with Crippen molar-refractivity contribution in [1.82, 2.24) is 9.97 Å². The Morgan fingerprint density at radius 1 is 1.53 bits per heavy atom. The lowest BCUT2D eigenvalue weighted by Crippen LogP contribution is -2.17. The summed E-state index contributed by atoms with van der Waals surface area (Å²) in [5.74, 6) is 0.468. The zero-order valence-corrected chi connectivity index (χ0v) is 10.3. The van der Waals surface area contributed by atoms with Crippen LogP contribution in [0.2, 0.25) is 0 Å². The molecule has 17 heavy (non-hydrogen) atoms. The summed E-state index contributed by atoms with van der Waals surface area (Å²) in [6.07, 6.45) is 1.52. The lowest BCUT2D eigenvalue weighted by molar-refractivity contribution is 0.0587. The van der Waals surface area contributed by atoms with Crippen molar-refractivity contribution < 1.29 is 14.3 Å². The molecule has 0 aliphatic heterocycles. The molecule has 1 aromatic rings. The van der Waals surface area contributed by atoms with Gasteiger partial charge in [-0.15, -0.1) is 0 Å². The molecule has 0 aliphatic carbocycles. The van der Waals surface area contributed by atoms with E-state index in [-0.39, 0.29) is 5.82 Å². The summed E-state index contributed by atoms with van der Waals surface area (Å²) in [6, 6.07) is 1.70. The standard InChI is InChI=1S/C11H17N3O3/c1-8(7-16-2)6-13-9-4-5-12-10(14-9)11(15)17-3/h4-5,8H,6-7H2,1-3H3,(H,12,13,14). The van der Waals surface area contributed by atoms with E-state index >= 15 is 0 Å². The molecule has 0 aromatic carbocycles. The van der Waals surface area contributed by atoms with Crippen molar-refractivity contribution in [3.63, 3.8) is 0 Å². The van der Waals surface area contributed by atoms with Crippen LogP contribution in [0.5, 0.6) is 0 Å². The number of methoxy groups -OCH3 is 2. The summed E-state index contributed by atoms with van der Waals surface area (Å²) in [6.45, 7) is 3.44. The van der Waals surface area contributed by atoms with Crippen LogP contribution in [-0.2, 0) is 9.47 Å². The van der Waals surface area contributed by atoms with Gasteiger partial charge in [0.2, 0.25) is 5.82 Å². The smallest absolute Gasteiger partial charge is 0.376 e. The zero-order valence-electron chi connectivity index (χ0n) is 10.3. The Morgan fingerprint density at radius 3 is 2.94 bits per heavy atom. The first kappa shape index (κ1) is 13.4. The van der Waals surface area contributed by atoms with E-state index in [2.05, 4.69) is 26.9 Å². The maximum atomic E-state index is 11.2. The van der Waals surface area contributed by atoms with Gasteiger partial charge in [0.1, 0.15) is 5.82 Å². The average Bonchev–Trinajstić information content (AvgIpc) is 2.36. The second kappa shape index (κ2) is 6.80. The van der Waals surface area contributed by atoms with Gasteiger partial charge in [0.05, 0.1) is 13.7 Å². The van der Waals surface area contributed by atoms with E-state index in [0.29, 0.717) is 24.9 Å². The molecule has 0 saturated carbocycles. The summed E-state index contributed by atoms with van der Waals surface area (Å²) in [7, 11) is 2.96. The van der Waals surface area contributed by atoms with Crippen LogP contribution in [-0.4, -0.2) is 43.3 Å². The number of nitrogens with zero attached hydrogens (tertiary/aromatic N) is 2. The fourth-order valence-electron chi connectivity index (χ4n) is 1.27. The van der Waals surface area contributed by atoms with E-state index in [9.17, 15) is 4.79 Å². The van der Waals surface area contributed by atoms with E-state index in [1.165, 1.54) is 13.3 Å². The molecule has 6 nitrogen and oxygen atoms in total. The lowest BCUT2D eigenvalue weighted by Gasteiger charge is -2.11. The normalized spacial score (nSPS) is 11.9. The van der Waals surface area contributed by atoms with Gasteiger partial charge in [-0.1, -0.05) is 6.92 Å². The Balaban J connectivity index is 2.57. The van der Waals surface area contributed by atoms with Crippen molar-refractivity contribution in [3.05, 3.63) is 18.1 Å². The Bertz CT molecular complexity index is 371. The van der Waals surface area contributed by atoms with Crippen molar-refractivity contribution >= 4 is 11.8 Å². The highest BCUT2D eigenvalue weighted by atomic mass is 16.5. The molecule has 1 unspecified atom stereocenters. The topological polar surface area (TPSA) is 73.3 Å². The number of hydrogen-bond donors (Lipinski definition) is 1. The van der Waals surface area contributed by atoms with E-state index in [1.54, 1.807) is 13.2 Å². The molecule has 0 bridgehead atoms. The van der Waals surface area contributed by atoms with Gasteiger partial charge in [0, 0.05) is 19.9 Å². The second-order valence-electron chi connectivity index (χ2n) is 3.70. The summed E-state index contributed by atoms with van der Waals surface area (Å²) >= 11 is 0. The van der Waals surface area contributed by atoms with Crippen molar-refractivity contribution in [2.75, 3.05) is 32.7 Å². The number of esters is 1. The Labute approximate surface area is 100 Å². The van der Waals surface area contributed by atoms with Gasteiger partial charge in [-0.3, -0.25) is 0 Å². The van der Waals surface area contributed by atoms with Crippen molar-refractivity contribution in [1.29, 1.82) is 0 Å². The number of nitrogens with one attached hydrogen (secondary N) is 1. The number of rotatable bonds is 6. The Kier molecular flexibility index (Phi) is 5.35. The highest BCUT2D eigenvalue weighted by Crippen LogP contribution is 2.04. The van der Waals surface area contributed by atoms with Crippen LogP contribution in [0.25, 0.3) is 0 Å². The molecule has 0 amide bonds. The van der Waals surface area contributed by atoms with Gasteiger partial charge in [-0.25, -0.2) is 14.8 Å². The first-order valence-corrected chi connectivity index (χ1v) is 5.31. The predicted molar refractivity (Wildman–Crippen MR) is 62.9 cm³/mol. The van der Waals surface area contributed by atoms with Crippen LogP contribution in [0.15, 0.2) is 12.3 Å². The molecule has 6 heteroatoms. The molecule has 94 valence electrons. The summed E-state index contributed by atoms with van der Waals surface area (Å²) in [5, 5.41) is 3.11. The Hall–Kier alpha value is -1.69. The van der Waals surface area contributed by atoms with Crippen molar-refractivity contribution in [3.8, 4) is 0 Å². The summed E-state index contributed by atoms with van der Waals surface area (Å²) in [5.41, 5.74) is 0. The maximum absolute atomic E-state index is 11.2. The molecular formula is C11H17N3O3. The van der Waals surface area contributed by atoms with Crippen LogP contribution >= 0.6 is 0 Å². The van der Waals surface area contributed by atoms with E-state index in [1.807, 2.05) is 0 Å². The molecule has 1 rings (SSSR count). The van der Waals surface area contributed by atoms with Gasteiger partial charge in [-0.05, 0) is 12.0 Å². The summed E-state index contributed by atoms with van der Waals surface area (Å²) in [4.78, 5) is 19.1. The molecule has 0 aliphatic rings. The number of anilines is 1. The van der Waals surface area contributed by atoms with Crippen molar-refractivity contribution in [2.24, 2.45) is 5.92 Å². The van der Waals surface area contributed by atoms with Crippen LogP contribution in [0.4, 0.5) is 5.82 Å². The SMILES string of the molecule is COCC(C)CNc1ccnc(C(=O)OC)n1. The lowest BCUT2D eigenvalue weighted by atomic mass is 10.2. The number of aromatic nitrogens is 2. The second-order valence-corrected chi connectivity index (χ2v) is 3.70. The number of carbonyl (C=O) groups is 1. The molecule has 1 atom stereocenters. The van der Waals surface area contributed by atoms with E-state index in [0.717, 1.165) is 0 Å². The largest absolute Gasteiger partial charge is 0.463 e. The third-order valence-corrected chi connectivity index (χ3v) is 2.11. The number of ether oxygens (including phenoxy) is 2. The molecule has 1 N–H and O–H groups in total. The first-order chi connectivity index (χ1) is 8.17. The molecule has 0 spiro atoms. The monoisotopic (exact) mass is 239 g/mol. The molecule has 1 aromatic heterocycles. The van der Waals surface area contributed by atoms with Gasteiger partial charge >= 0.3 is 5.97 Å². The fraction of sp³-hybridized carbons (Fsp3) is 0.545. The predicted octanol–water partition coefficient (Wildman–Crippen LogP) is 0.958. The van der Waals surface area contributed by atoms with Gasteiger partial charge in [-0.2, -0.15) is 0 Å². The van der Waals surface area contributed by atoms with Gasteiger partial charge in [0.15, 0.2) is 0 Å². The highest BCUT2D eigenvalue weighted by molar-refractivity contribution is 5.85. The van der Waals surface area contributed by atoms with Crippen LogP contribution < -0.4 is 5.32 Å². The van der Waals surface area contributed by atoms with E-state index in [4.69, 9.17) is 4.74 Å². The molecular weight excluding hydrogens is 222 g/mol. The molecule has 0 radical (unpaired) electrons. The third-order valence-electron chi connectivity index (χ3n) is 2.11. The molecule has 0 fully saturated rings. The molecule has 1 heterocycles. The van der Waals surface area contributed by atoms with Crippen LogP contribution in [0, 0.1) is 5.92 Å². The van der Waals surface area contributed by atoms with E-state index < -0.39 is 5.97 Å². The summed E-state index contributed by atoms with van der Waals surface area (Å²) < 4.78 is 9.57. The Morgan fingerprint density at radius 2 is 2.29 bits per heavy atom. The number of hydrogen-bond acceptors (Lipinski definition) is 6. The quantitative estimate of drug-likeness (QED) is 0.745. The van der Waals surface area contributed by atoms with Gasteiger partial charge < -0.3 is 14.8 Å². The van der Waals surface area contributed by atoms with Gasteiger partial charge in [0.25, 0.3) is 0 Å². The first-order valence-electron chi connectivity index (χ1n) is 5.31.